The number of halogens is 1. The Morgan fingerprint density at radius 3 is 2.72 bits per heavy atom. The van der Waals surface area contributed by atoms with E-state index in [0.717, 1.165) is 5.56 Å². The quantitative estimate of drug-likeness (QED) is 0.398. The molecular formula is C27H35ClN2O6. The van der Waals surface area contributed by atoms with Gasteiger partial charge in [0.2, 0.25) is 5.91 Å². The first-order chi connectivity index (χ1) is 17.1. The second kappa shape index (κ2) is 10.1. The van der Waals surface area contributed by atoms with Gasteiger partial charge in [0, 0.05) is 6.54 Å². The van der Waals surface area contributed by atoms with E-state index >= 15 is 0 Å². The van der Waals surface area contributed by atoms with Crippen molar-refractivity contribution in [1.82, 2.24) is 4.90 Å². The summed E-state index contributed by atoms with van der Waals surface area (Å²) >= 11 is 6.56. The summed E-state index contributed by atoms with van der Waals surface area (Å²) in [6, 6.07) is 3.72. The fourth-order valence-corrected chi connectivity index (χ4v) is 6.71. The summed E-state index contributed by atoms with van der Waals surface area (Å²) in [7, 11) is 0. The number of aliphatic hydroxyl groups is 1. The van der Waals surface area contributed by atoms with E-state index in [0.29, 0.717) is 23.6 Å². The molecule has 2 unspecified atom stereocenters. The molecule has 1 aromatic rings. The summed E-state index contributed by atoms with van der Waals surface area (Å²) in [6.07, 6.45) is 2.12. The van der Waals surface area contributed by atoms with Crippen molar-refractivity contribution in [3.05, 3.63) is 41.4 Å². The predicted octanol–water partition coefficient (Wildman–Crippen LogP) is 3.12. The Bertz CT molecular complexity index is 1040. The van der Waals surface area contributed by atoms with Crippen LogP contribution in [0.1, 0.15) is 39.2 Å². The number of amides is 2. The monoisotopic (exact) mass is 518 g/mol. The van der Waals surface area contributed by atoms with E-state index in [2.05, 4.69) is 6.58 Å². The zero-order valence-electron chi connectivity index (χ0n) is 21.3. The second-order valence-electron chi connectivity index (χ2n) is 10.2. The standard InChI is InChI=1S/C27H35ClN2O6/c1-6-13-29(22-16(5)9-8-10-17(22)28)25(33)23-27-12-11-19(36-27)20(26(34)35-7-2)21(27)24(32)30(23)18(14-31)15(3)4/h6,8-10,15,18-21,23,31H,1,7,11-14H2,2-5H3/t18-,19+,20-,21-,23?,27?/m0/s1. The molecule has 4 rings (SSSR count). The third-order valence-electron chi connectivity index (χ3n) is 7.88. The van der Waals surface area contributed by atoms with Crippen LogP contribution in [0.3, 0.4) is 0 Å². The number of ether oxygens (including phenoxy) is 2. The highest BCUT2D eigenvalue weighted by Gasteiger charge is 2.75. The summed E-state index contributed by atoms with van der Waals surface area (Å²) in [5, 5.41) is 10.7. The second-order valence-corrected chi connectivity index (χ2v) is 10.6. The van der Waals surface area contributed by atoms with Crippen LogP contribution in [0.4, 0.5) is 5.69 Å². The third-order valence-corrected chi connectivity index (χ3v) is 8.19. The number of rotatable bonds is 9. The topological polar surface area (TPSA) is 96.4 Å². The number of nitrogens with zero attached hydrogens (tertiary/aromatic N) is 2. The van der Waals surface area contributed by atoms with Gasteiger partial charge in [-0.25, -0.2) is 0 Å². The molecule has 3 saturated heterocycles. The number of hydrogen-bond donors (Lipinski definition) is 1. The van der Waals surface area contributed by atoms with Gasteiger partial charge in [-0.2, -0.15) is 0 Å². The number of benzene rings is 1. The Kier molecular flexibility index (Phi) is 7.51. The molecule has 0 radical (unpaired) electrons. The van der Waals surface area contributed by atoms with E-state index in [1.165, 1.54) is 9.80 Å². The van der Waals surface area contributed by atoms with Gasteiger partial charge in [-0.15, -0.1) is 6.58 Å². The number of carbonyl (C=O) groups is 3. The van der Waals surface area contributed by atoms with Crippen molar-refractivity contribution in [3.8, 4) is 0 Å². The Labute approximate surface area is 217 Å². The highest BCUT2D eigenvalue weighted by molar-refractivity contribution is 6.34. The smallest absolute Gasteiger partial charge is 0.312 e. The maximum absolute atomic E-state index is 14.5. The van der Waals surface area contributed by atoms with Gasteiger partial charge in [-0.05, 0) is 44.2 Å². The number of likely N-dealkylation sites (tertiary alicyclic amines) is 1. The minimum absolute atomic E-state index is 0.141. The molecule has 8 nitrogen and oxygen atoms in total. The highest BCUT2D eigenvalue weighted by atomic mass is 35.5. The predicted molar refractivity (Wildman–Crippen MR) is 136 cm³/mol. The number of aryl methyl sites for hydroxylation is 1. The molecule has 9 heteroatoms. The summed E-state index contributed by atoms with van der Waals surface area (Å²) in [5.74, 6) is -2.98. The zero-order valence-corrected chi connectivity index (χ0v) is 22.0. The molecule has 2 amide bonds. The van der Waals surface area contributed by atoms with E-state index in [-0.39, 0.29) is 37.5 Å². The molecular weight excluding hydrogens is 484 g/mol. The van der Waals surface area contributed by atoms with Gasteiger partial charge in [0.1, 0.15) is 11.6 Å². The maximum atomic E-state index is 14.5. The van der Waals surface area contributed by atoms with Gasteiger partial charge in [-0.3, -0.25) is 14.4 Å². The molecule has 1 N–H and O–H groups in total. The van der Waals surface area contributed by atoms with Crippen LogP contribution in [-0.4, -0.2) is 71.3 Å². The molecule has 1 spiro atoms. The van der Waals surface area contributed by atoms with Crippen molar-refractivity contribution < 1.29 is 29.0 Å². The highest BCUT2D eigenvalue weighted by Crippen LogP contribution is 2.59. The Morgan fingerprint density at radius 2 is 2.14 bits per heavy atom. The molecule has 6 atom stereocenters. The number of esters is 1. The molecule has 3 aliphatic heterocycles. The van der Waals surface area contributed by atoms with Crippen LogP contribution in [-0.2, 0) is 23.9 Å². The van der Waals surface area contributed by atoms with E-state index in [1.807, 2.05) is 32.9 Å². The molecule has 3 heterocycles. The van der Waals surface area contributed by atoms with E-state index in [4.69, 9.17) is 21.1 Å². The maximum Gasteiger partial charge on any atom is 0.312 e. The summed E-state index contributed by atoms with van der Waals surface area (Å²) in [6.45, 7) is 11.2. The molecule has 2 bridgehead atoms. The lowest BCUT2D eigenvalue weighted by atomic mass is 9.70. The fourth-order valence-electron chi connectivity index (χ4n) is 6.39. The SMILES string of the molecule is C=CCN(C(=O)C1N([C@@H](CO)C(C)C)C(=O)[C@@H]2[C@@H](C(=O)OCC)[C@H]3CCC12O3)c1c(C)cccc1Cl. The Hall–Kier alpha value is -2.42. The largest absolute Gasteiger partial charge is 0.466 e. The molecule has 0 aromatic heterocycles. The number of aliphatic hydroxyl groups excluding tert-OH is 1. The first-order valence-electron chi connectivity index (χ1n) is 12.6. The lowest BCUT2D eigenvalue weighted by Gasteiger charge is -2.40. The van der Waals surface area contributed by atoms with Gasteiger partial charge in [0.05, 0.1) is 47.9 Å². The van der Waals surface area contributed by atoms with Gasteiger partial charge in [0.15, 0.2) is 0 Å². The minimum atomic E-state index is -1.19. The molecule has 0 aliphatic carbocycles. The van der Waals surface area contributed by atoms with Gasteiger partial charge in [0.25, 0.3) is 5.91 Å². The first kappa shape index (κ1) is 26.6. The molecule has 3 aliphatic rings. The fraction of sp³-hybridized carbons (Fsp3) is 0.593. The zero-order chi connectivity index (χ0) is 26.4. The van der Waals surface area contributed by atoms with E-state index in [9.17, 15) is 19.5 Å². The summed E-state index contributed by atoms with van der Waals surface area (Å²) < 4.78 is 11.8. The van der Waals surface area contributed by atoms with Crippen LogP contribution in [0.2, 0.25) is 5.02 Å². The Morgan fingerprint density at radius 1 is 1.42 bits per heavy atom. The van der Waals surface area contributed by atoms with Crippen molar-refractivity contribution >= 4 is 35.1 Å². The first-order valence-corrected chi connectivity index (χ1v) is 13.0. The molecule has 0 saturated carbocycles. The third kappa shape index (κ3) is 3.94. The van der Waals surface area contributed by atoms with Gasteiger partial charge < -0.3 is 24.4 Å². The van der Waals surface area contributed by atoms with Crippen LogP contribution >= 0.6 is 11.6 Å². The molecule has 3 fully saturated rings. The average Bonchev–Trinajstić information content (AvgIpc) is 3.46. The number of anilines is 1. The number of carbonyl (C=O) groups excluding carboxylic acids is 3. The molecule has 36 heavy (non-hydrogen) atoms. The van der Waals surface area contributed by atoms with Gasteiger partial charge in [-0.1, -0.05) is 43.7 Å². The van der Waals surface area contributed by atoms with Crippen molar-refractivity contribution in [2.75, 3.05) is 24.7 Å². The van der Waals surface area contributed by atoms with Crippen LogP contribution in [0.5, 0.6) is 0 Å². The lowest BCUT2D eigenvalue weighted by molar-refractivity contribution is -0.155. The minimum Gasteiger partial charge on any atom is -0.466 e. The van der Waals surface area contributed by atoms with Crippen LogP contribution < -0.4 is 4.90 Å². The van der Waals surface area contributed by atoms with E-state index in [1.54, 1.807) is 19.1 Å². The van der Waals surface area contributed by atoms with Crippen LogP contribution in [0.25, 0.3) is 0 Å². The molecule has 196 valence electrons. The summed E-state index contributed by atoms with van der Waals surface area (Å²) in [5.41, 5.74) is 0.148. The molecule has 1 aromatic carbocycles. The van der Waals surface area contributed by atoms with Crippen molar-refractivity contribution in [1.29, 1.82) is 0 Å². The lowest BCUT2D eigenvalue weighted by Crippen LogP contribution is -2.60. The van der Waals surface area contributed by atoms with Crippen LogP contribution in [0.15, 0.2) is 30.9 Å². The average molecular weight is 519 g/mol. The van der Waals surface area contributed by atoms with Crippen molar-refractivity contribution in [3.63, 3.8) is 0 Å². The summed E-state index contributed by atoms with van der Waals surface area (Å²) in [4.78, 5) is 44.6. The normalized spacial score (nSPS) is 29.4. The number of fused-ring (bicyclic) bond motifs is 1. The Balaban J connectivity index is 1.87. The van der Waals surface area contributed by atoms with Crippen molar-refractivity contribution in [2.45, 2.75) is 64.3 Å². The van der Waals surface area contributed by atoms with Crippen LogP contribution in [0, 0.1) is 24.7 Å². The van der Waals surface area contributed by atoms with E-state index < -0.39 is 41.6 Å². The van der Waals surface area contributed by atoms with Gasteiger partial charge >= 0.3 is 5.97 Å². The van der Waals surface area contributed by atoms with Crippen molar-refractivity contribution in [2.24, 2.45) is 17.8 Å². The number of para-hydroxylation sites is 1. The number of hydrogen-bond acceptors (Lipinski definition) is 6.